The zero-order chi connectivity index (χ0) is 20.0. The van der Waals surface area contributed by atoms with Gasteiger partial charge in [0, 0.05) is 22.1 Å². The fraction of sp³-hybridized carbons (Fsp3) is 0.176. The predicted octanol–water partition coefficient (Wildman–Crippen LogP) is 4.05. The summed E-state index contributed by atoms with van der Waals surface area (Å²) < 4.78 is 18.5. The summed E-state index contributed by atoms with van der Waals surface area (Å²) in [6, 6.07) is 9.36. The van der Waals surface area contributed by atoms with E-state index in [0.717, 1.165) is 17.8 Å². The average Bonchev–Trinajstić information content (AvgIpc) is 2.63. The van der Waals surface area contributed by atoms with Crippen molar-refractivity contribution in [2.45, 2.75) is 17.1 Å². The lowest BCUT2D eigenvalue weighted by molar-refractivity contribution is -0.384. The van der Waals surface area contributed by atoms with E-state index in [1.165, 1.54) is 36.4 Å². The van der Waals surface area contributed by atoms with Crippen LogP contribution in [-0.4, -0.2) is 28.7 Å². The van der Waals surface area contributed by atoms with E-state index in [9.17, 15) is 24.1 Å². The molecular weight excluding hydrogens is 399 g/mol. The number of halogens is 2. The highest BCUT2D eigenvalue weighted by Gasteiger charge is 2.18. The SMILES string of the molecule is C[C@H](Sc1ccc([N+](=O)[O-])cc1)C(=O)OCC(=O)Nc1cc(Cl)ccc1F. The zero-order valence-electron chi connectivity index (χ0n) is 14.0. The number of nitro groups is 1. The lowest BCUT2D eigenvalue weighted by Crippen LogP contribution is -2.25. The fourth-order valence-electron chi connectivity index (χ4n) is 1.93. The first-order valence-electron chi connectivity index (χ1n) is 7.59. The fourth-order valence-corrected chi connectivity index (χ4v) is 2.97. The molecule has 1 N–H and O–H groups in total. The van der Waals surface area contributed by atoms with E-state index in [1.54, 1.807) is 6.92 Å². The molecule has 0 aliphatic heterocycles. The van der Waals surface area contributed by atoms with Crippen LogP contribution < -0.4 is 5.32 Å². The molecule has 0 saturated heterocycles. The van der Waals surface area contributed by atoms with Gasteiger partial charge in [0.25, 0.3) is 11.6 Å². The molecule has 0 aliphatic rings. The van der Waals surface area contributed by atoms with Crippen molar-refractivity contribution in [3.05, 3.63) is 63.4 Å². The standard InChI is InChI=1S/C17H14ClFN2O5S/c1-10(27-13-5-3-12(4-6-13)21(24)25)17(23)26-9-16(22)20-15-8-11(18)2-7-14(15)19/h2-8,10H,9H2,1H3,(H,20,22)/t10-/m0/s1. The molecule has 0 aromatic heterocycles. The normalized spacial score (nSPS) is 11.5. The smallest absolute Gasteiger partial charge is 0.319 e. The van der Waals surface area contributed by atoms with Gasteiger partial charge in [-0.25, -0.2) is 4.39 Å². The molecule has 0 radical (unpaired) electrons. The number of nitro benzene ring substituents is 1. The number of ether oxygens (including phenoxy) is 1. The number of non-ortho nitro benzene ring substituents is 1. The molecule has 0 aliphatic carbocycles. The maximum absolute atomic E-state index is 13.6. The molecule has 7 nitrogen and oxygen atoms in total. The van der Waals surface area contributed by atoms with Gasteiger partial charge >= 0.3 is 5.97 Å². The minimum absolute atomic E-state index is 0.0560. The van der Waals surface area contributed by atoms with Crippen molar-refractivity contribution in [2.75, 3.05) is 11.9 Å². The van der Waals surface area contributed by atoms with Crippen LogP contribution in [0, 0.1) is 15.9 Å². The number of hydrogen-bond donors (Lipinski definition) is 1. The predicted molar refractivity (Wildman–Crippen MR) is 99.4 cm³/mol. The van der Waals surface area contributed by atoms with Crippen LogP contribution in [0.2, 0.25) is 5.02 Å². The van der Waals surface area contributed by atoms with Gasteiger partial charge in [-0.3, -0.25) is 19.7 Å². The van der Waals surface area contributed by atoms with Crippen LogP contribution in [0.5, 0.6) is 0 Å². The second-order valence-corrected chi connectivity index (χ2v) is 7.14. The lowest BCUT2D eigenvalue weighted by Gasteiger charge is -2.11. The van der Waals surface area contributed by atoms with Crippen LogP contribution in [0.4, 0.5) is 15.8 Å². The maximum atomic E-state index is 13.6. The molecular formula is C17H14ClFN2O5S. The van der Waals surface area contributed by atoms with Crippen LogP contribution >= 0.6 is 23.4 Å². The third kappa shape index (κ3) is 6.22. The third-order valence-electron chi connectivity index (χ3n) is 3.24. The first-order chi connectivity index (χ1) is 12.8. The molecule has 142 valence electrons. The van der Waals surface area contributed by atoms with Crippen molar-refractivity contribution in [2.24, 2.45) is 0 Å². The number of thioether (sulfide) groups is 1. The molecule has 0 heterocycles. The Balaban J connectivity index is 1.84. The first-order valence-corrected chi connectivity index (χ1v) is 8.84. The van der Waals surface area contributed by atoms with E-state index >= 15 is 0 Å². The Morgan fingerprint density at radius 2 is 1.96 bits per heavy atom. The van der Waals surface area contributed by atoms with Crippen molar-refractivity contribution >= 4 is 46.6 Å². The van der Waals surface area contributed by atoms with Gasteiger partial charge in [0.15, 0.2) is 6.61 Å². The number of nitrogens with zero attached hydrogens (tertiary/aromatic N) is 1. The van der Waals surface area contributed by atoms with E-state index in [1.807, 2.05) is 0 Å². The summed E-state index contributed by atoms with van der Waals surface area (Å²) in [7, 11) is 0. The number of carbonyl (C=O) groups is 2. The van der Waals surface area contributed by atoms with Gasteiger partial charge in [0.1, 0.15) is 11.1 Å². The summed E-state index contributed by atoms with van der Waals surface area (Å²) in [6.07, 6.45) is 0. The molecule has 10 heteroatoms. The minimum atomic E-state index is -0.711. The van der Waals surface area contributed by atoms with Gasteiger partial charge in [-0.15, -0.1) is 11.8 Å². The van der Waals surface area contributed by atoms with E-state index < -0.39 is 34.5 Å². The molecule has 0 bridgehead atoms. The van der Waals surface area contributed by atoms with Gasteiger partial charge < -0.3 is 10.1 Å². The topological polar surface area (TPSA) is 98.5 Å². The zero-order valence-corrected chi connectivity index (χ0v) is 15.6. The molecule has 0 saturated carbocycles. The minimum Gasteiger partial charge on any atom is -0.455 e. The highest BCUT2D eigenvalue weighted by Crippen LogP contribution is 2.26. The number of nitrogens with one attached hydrogen (secondary N) is 1. The molecule has 2 aromatic rings. The highest BCUT2D eigenvalue weighted by atomic mass is 35.5. The van der Waals surface area contributed by atoms with Crippen molar-refractivity contribution in [1.29, 1.82) is 0 Å². The Morgan fingerprint density at radius 1 is 1.30 bits per heavy atom. The number of benzene rings is 2. The van der Waals surface area contributed by atoms with Crippen LogP contribution in [0.25, 0.3) is 0 Å². The summed E-state index contributed by atoms with van der Waals surface area (Å²) in [6.45, 7) is 0.985. The van der Waals surface area contributed by atoms with Crippen molar-refractivity contribution in [1.82, 2.24) is 0 Å². The molecule has 2 rings (SSSR count). The quantitative estimate of drug-likeness (QED) is 0.319. The number of hydrogen-bond acceptors (Lipinski definition) is 6. The monoisotopic (exact) mass is 412 g/mol. The Bertz CT molecular complexity index is 863. The first kappa shape index (κ1) is 20.7. The average molecular weight is 413 g/mol. The summed E-state index contributed by atoms with van der Waals surface area (Å²) in [5, 5.41) is 12.5. The lowest BCUT2D eigenvalue weighted by atomic mass is 10.3. The molecule has 1 amide bonds. The maximum Gasteiger partial charge on any atom is 0.319 e. The van der Waals surface area contributed by atoms with Crippen LogP contribution in [0.1, 0.15) is 6.92 Å². The van der Waals surface area contributed by atoms with E-state index in [-0.39, 0.29) is 16.4 Å². The Kier molecular flexibility index (Phi) is 7.14. The molecule has 0 unspecified atom stereocenters. The Hall–Kier alpha value is -2.65. The molecule has 0 fully saturated rings. The molecule has 2 aromatic carbocycles. The second-order valence-electron chi connectivity index (χ2n) is 5.29. The second kappa shape index (κ2) is 9.33. The van der Waals surface area contributed by atoms with E-state index in [2.05, 4.69) is 5.32 Å². The van der Waals surface area contributed by atoms with Gasteiger partial charge in [0.2, 0.25) is 0 Å². The summed E-state index contributed by atoms with van der Waals surface area (Å²) >= 11 is 6.86. The number of rotatable bonds is 7. The van der Waals surface area contributed by atoms with Crippen LogP contribution in [-0.2, 0) is 14.3 Å². The summed E-state index contributed by atoms with van der Waals surface area (Å²) in [5.74, 6) is -2.03. The van der Waals surface area contributed by atoms with Gasteiger partial charge in [-0.1, -0.05) is 11.6 Å². The Morgan fingerprint density at radius 3 is 2.59 bits per heavy atom. The number of carbonyl (C=O) groups excluding carboxylic acids is 2. The van der Waals surface area contributed by atoms with Crippen molar-refractivity contribution < 1.29 is 23.6 Å². The van der Waals surface area contributed by atoms with Gasteiger partial charge in [-0.05, 0) is 37.3 Å². The van der Waals surface area contributed by atoms with Crippen LogP contribution in [0.15, 0.2) is 47.4 Å². The van der Waals surface area contributed by atoms with Gasteiger partial charge in [0.05, 0.1) is 10.6 Å². The van der Waals surface area contributed by atoms with Gasteiger partial charge in [-0.2, -0.15) is 0 Å². The largest absolute Gasteiger partial charge is 0.455 e. The van der Waals surface area contributed by atoms with E-state index in [0.29, 0.717) is 4.90 Å². The molecule has 27 heavy (non-hydrogen) atoms. The molecule has 1 atom stereocenters. The third-order valence-corrected chi connectivity index (χ3v) is 4.57. The van der Waals surface area contributed by atoms with Crippen molar-refractivity contribution in [3.63, 3.8) is 0 Å². The summed E-state index contributed by atoms with van der Waals surface area (Å²) in [5.41, 5.74) is -0.170. The Labute approximate surface area is 163 Å². The summed E-state index contributed by atoms with van der Waals surface area (Å²) in [4.78, 5) is 34.5. The molecule has 0 spiro atoms. The number of anilines is 1. The van der Waals surface area contributed by atoms with Crippen molar-refractivity contribution in [3.8, 4) is 0 Å². The highest BCUT2D eigenvalue weighted by molar-refractivity contribution is 8.00. The number of esters is 1. The van der Waals surface area contributed by atoms with Crippen LogP contribution in [0.3, 0.4) is 0 Å². The van der Waals surface area contributed by atoms with E-state index in [4.69, 9.17) is 16.3 Å². The number of amides is 1.